The zero-order valence-corrected chi connectivity index (χ0v) is 7.54. The molecule has 0 radical (unpaired) electrons. The lowest BCUT2D eigenvalue weighted by Gasteiger charge is -2.19. The van der Waals surface area contributed by atoms with Gasteiger partial charge in [0.25, 0.3) is 0 Å². The van der Waals surface area contributed by atoms with Gasteiger partial charge in [0.2, 0.25) is 0 Å². The molecule has 1 atom stereocenters. The van der Waals surface area contributed by atoms with Gasteiger partial charge in [0.15, 0.2) is 6.29 Å². The standard InChI is InChI=1S/C8H17NO2/c1-4-10-8-5-6-9(11-8)7(2)3/h7-8H,4-6H2,1-3H3. The Bertz CT molecular complexity index is 117. The Kier molecular flexibility index (Phi) is 3.30. The van der Waals surface area contributed by atoms with Gasteiger partial charge in [0.05, 0.1) is 0 Å². The molecule has 1 saturated heterocycles. The Labute approximate surface area is 68.2 Å². The molecule has 0 aromatic carbocycles. The Morgan fingerprint density at radius 3 is 2.82 bits per heavy atom. The fraction of sp³-hybridized carbons (Fsp3) is 1.00. The van der Waals surface area contributed by atoms with Gasteiger partial charge in [-0.15, -0.1) is 0 Å². The smallest absolute Gasteiger partial charge is 0.178 e. The number of nitrogens with zero attached hydrogens (tertiary/aromatic N) is 1. The minimum Gasteiger partial charge on any atom is -0.351 e. The average molecular weight is 159 g/mol. The summed E-state index contributed by atoms with van der Waals surface area (Å²) in [5.74, 6) is 0. The Morgan fingerprint density at radius 1 is 1.64 bits per heavy atom. The van der Waals surface area contributed by atoms with Crippen molar-refractivity contribution in [1.29, 1.82) is 0 Å². The van der Waals surface area contributed by atoms with Gasteiger partial charge in [-0.05, 0) is 20.8 Å². The number of hydroxylamine groups is 2. The predicted octanol–water partition coefficient (Wildman–Crippen LogP) is 1.39. The molecule has 0 N–H and O–H groups in total. The molecular formula is C8H17NO2. The fourth-order valence-electron chi connectivity index (χ4n) is 1.17. The summed E-state index contributed by atoms with van der Waals surface area (Å²) in [6.45, 7) is 7.95. The monoisotopic (exact) mass is 159 g/mol. The van der Waals surface area contributed by atoms with E-state index in [0.29, 0.717) is 6.04 Å². The van der Waals surface area contributed by atoms with Crippen molar-refractivity contribution in [3.63, 3.8) is 0 Å². The first-order valence-corrected chi connectivity index (χ1v) is 4.29. The summed E-state index contributed by atoms with van der Waals surface area (Å²) >= 11 is 0. The average Bonchev–Trinajstić information content (AvgIpc) is 2.37. The summed E-state index contributed by atoms with van der Waals surface area (Å²) in [6, 6.07) is 0.459. The third-order valence-corrected chi connectivity index (χ3v) is 1.77. The van der Waals surface area contributed by atoms with Crippen molar-refractivity contribution < 1.29 is 9.57 Å². The van der Waals surface area contributed by atoms with Crippen molar-refractivity contribution >= 4 is 0 Å². The summed E-state index contributed by atoms with van der Waals surface area (Å²) in [6.07, 6.45) is 0.994. The summed E-state index contributed by atoms with van der Waals surface area (Å²) < 4.78 is 5.32. The second kappa shape index (κ2) is 4.04. The molecule has 0 aliphatic carbocycles. The third-order valence-electron chi connectivity index (χ3n) is 1.77. The van der Waals surface area contributed by atoms with Gasteiger partial charge in [-0.25, -0.2) is 0 Å². The van der Waals surface area contributed by atoms with Gasteiger partial charge in [-0.3, -0.25) is 4.84 Å². The van der Waals surface area contributed by atoms with Crippen molar-refractivity contribution in [2.45, 2.75) is 39.5 Å². The Hall–Kier alpha value is -0.120. The van der Waals surface area contributed by atoms with Crippen LogP contribution >= 0.6 is 0 Å². The first-order chi connectivity index (χ1) is 5.24. The first kappa shape index (κ1) is 8.97. The topological polar surface area (TPSA) is 21.7 Å². The van der Waals surface area contributed by atoms with Gasteiger partial charge in [-0.2, -0.15) is 5.06 Å². The van der Waals surface area contributed by atoms with Crippen molar-refractivity contribution in [1.82, 2.24) is 5.06 Å². The van der Waals surface area contributed by atoms with Crippen LogP contribution in [0.5, 0.6) is 0 Å². The van der Waals surface area contributed by atoms with E-state index in [1.807, 2.05) is 12.0 Å². The Morgan fingerprint density at radius 2 is 2.36 bits per heavy atom. The quantitative estimate of drug-likeness (QED) is 0.621. The van der Waals surface area contributed by atoms with Crippen LogP contribution in [0.25, 0.3) is 0 Å². The maximum Gasteiger partial charge on any atom is 0.178 e. The van der Waals surface area contributed by atoms with E-state index in [9.17, 15) is 0 Å². The molecule has 0 aromatic heterocycles. The molecule has 0 saturated carbocycles. The van der Waals surface area contributed by atoms with E-state index in [0.717, 1.165) is 19.6 Å². The minimum atomic E-state index is 0.00222. The van der Waals surface area contributed by atoms with Gasteiger partial charge in [0, 0.05) is 25.6 Å². The lowest BCUT2D eigenvalue weighted by Crippen LogP contribution is -2.27. The molecule has 0 spiro atoms. The molecule has 1 heterocycles. The minimum absolute atomic E-state index is 0.00222. The van der Waals surface area contributed by atoms with Gasteiger partial charge in [-0.1, -0.05) is 0 Å². The number of rotatable bonds is 3. The maximum atomic E-state index is 5.47. The van der Waals surface area contributed by atoms with E-state index in [4.69, 9.17) is 9.57 Å². The van der Waals surface area contributed by atoms with Crippen molar-refractivity contribution in [2.75, 3.05) is 13.2 Å². The van der Waals surface area contributed by atoms with E-state index >= 15 is 0 Å². The van der Waals surface area contributed by atoms with Gasteiger partial charge in [0.1, 0.15) is 0 Å². The highest BCUT2D eigenvalue weighted by molar-refractivity contribution is 4.61. The molecule has 1 aliphatic rings. The molecule has 0 amide bonds. The van der Waals surface area contributed by atoms with Gasteiger partial charge < -0.3 is 4.74 Å². The zero-order chi connectivity index (χ0) is 8.27. The SMILES string of the molecule is CCOC1CCN(C(C)C)O1. The van der Waals surface area contributed by atoms with Crippen LogP contribution in [0.1, 0.15) is 27.2 Å². The van der Waals surface area contributed by atoms with Crippen LogP contribution in [0.4, 0.5) is 0 Å². The van der Waals surface area contributed by atoms with Gasteiger partial charge >= 0.3 is 0 Å². The second-order valence-corrected chi connectivity index (χ2v) is 3.01. The highest BCUT2D eigenvalue weighted by Gasteiger charge is 2.25. The van der Waals surface area contributed by atoms with Crippen LogP contribution < -0.4 is 0 Å². The van der Waals surface area contributed by atoms with Crippen LogP contribution in [-0.2, 0) is 9.57 Å². The molecule has 1 fully saturated rings. The van der Waals surface area contributed by atoms with E-state index < -0.39 is 0 Å². The summed E-state index contributed by atoms with van der Waals surface area (Å²) in [7, 11) is 0. The Balaban J connectivity index is 2.23. The van der Waals surface area contributed by atoms with Crippen molar-refractivity contribution in [3.8, 4) is 0 Å². The van der Waals surface area contributed by atoms with E-state index in [1.54, 1.807) is 0 Å². The molecule has 11 heavy (non-hydrogen) atoms. The fourth-order valence-corrected chi connectivity index (χ4v) is 1.17. The van der Waals surface area contributed by atoms with E-state index in [-0.39, 0.29) is 6.29 Å². The molecule has 3 heteroatoms. The molecule has 1 rings (SSSR count). The summed E-state index contributed by atoms with van der Waals surface area (Å²) in [5.41, 5.74) is 0. The zero-order valence-electron chi connectivity index (χ0n) is 7.54. The highest BCUT2D eigenvalue weighted by atomic mass is 16.8. The number of hydrogen-bond donors (Lipinski definition) is 0. The van der Waals surface area contributed by atoms with Crippen LogP contribution in [0.15, 0.2) is 0 Å². The number of ether oxygens (including phenoxy) is 1. The van der Waals surface area contributed by atoms with Crippen LogP contribution in [-0.4, -0.2) is 30.5 Å². The summed E-state index contributed by atoms with van der Waals surface area (Å²) in [4.78, 5) is 5.47. The van der Waals surface area contributed by atoms with Crippen molar-refractivity contribution in [3.05, 3.63) is 0 Å². The molecule has 1 aliphatic heterocycles. The first-order valence-electron chi connectivity index (χ1n) is 4.29. The highest BCUT2D eigenvalue weighted by Crippen LogP contribution is 2.16. The molecule has 1 unspecified atom stereocenters. The largest absolute Gasteiger partial charge is 0.351 e. The molecule has 0 bridgehead atoms. The van der Waals surface area contributed by atoms with Crippen LogP contribution in [0.2, 0.25) is 0 Å². The second-order valence-electron chi connectivity index (χ2n) is 3.01. The van der Waals surface area contributed by atoms with Crippen molar-refractivity contribution in [2.24, 2.45) is 0 Å². The number of hydrogen-bond acceptors (Lipinski definition) is 3. The lowest BCUT2D eigenvalue weighted by molar-refractivity contribution is -0.242. The molecule has 66 valence electrons. The molecular weight excluding hydrogens is 142 g/mol. The third kappa shape index (κ3) is 2.43. The summed E-state index contributed by atoms with van der Waals surface area (Å²) in [5, 5.41) is 1.97. The van der Waals surface area contributed by atoms with Crippen LogP contribution in [0, 0.1) is 0 Å². The van der Waals surface area contributed by atoms with E-state index in [2.05, 4.69) is 13.8 Å². The normalized spacial score (nSPS) is 26.7. The predicted molar refractivity (Wildman–Crippen MR) is 43.0 cm³/mol. The molecule has 0 aromatic rings. The lowest BCUT2D eigenvalue weighted by atomic mass is 10.3. The maximum absolute atomic E-state index is 5.47. The van der Waals surface area contributed by atoms with E-state index in [1.165, 1.54) is 0 Å². The molecule has 3 nitrogen and oxygen atoms in total. The van der Waals surface area contributed by atoms with Crippen LogP contribution in [0.3, 0.4) is 0 Å².